The molecule has 2 aromatic heterocycles. The summed E-state index contributed by atoms with van der Waals surface area (Å²) >= 11 is 0. The van der Waals surface area contributed by atoms with Crippen molar-refractivity contribution in [3.63, 3.8) is 0 Å². The van der Waals surface area contributed by atoms with Crippen molar-refractivity contribution in [3.05, 3.63) is 59.9 Å². The molecule has 3 fully saturated rings. The molecular formula is C29H36FN5O3S. The number of hydrogen-bond acceptors (Lipinski definition) is 6. The third-order valence-electron chi connectivity index (χ3n) is 9.06. The quantitative estimate of drug-likeness (QED) is 0.473. The van der Waals surface area contributed by atoms with E-state index in [1.54, 1.807) is 12.3 Å². The van der Waals surface area contributed by atoms with Gasteiger partial charge in [-0.1, -0.05) is 12.1 Å². The Morgan fingerprint density at radius 1 is 1.10 bits per heavy atom. The Balaban J connectivity index is 1.15. The van der Waals surface area contributed by atoms with Crippen molar-refractivity contribution in [2.45, 2.75) is 76.0 Å². The molecule has 3 saturated heterocycles. The Labute approximate surface area is 228 Å². The summed E-state index contributed by atoms with van der Waals surface area (Å²) in [5.74, 6) is 0.358. The summed E-state index contributed by atoms with van der Waals surface area (Å²) in [5, 5.41) is 3.16. The normalized spacial score (nSPS) is 26.1. The van der Waals surface area contributed by atoms with Crippen LogP contribution in [0, 0.1) is 18.7 Å². The Hall–Kier alpha value is -2.85. The number of nitrogens with one attached hydrogen (secondary N) is 1. The van der Waals surface area contributed by atoms with Gasteiger partial charge in [0.25, 0.3) is 0 Å². The SMILES string of the molecule is Cc1nc2ccncc2n1C1C[C@H]2CC[C@@H](C1)N2CC[C@H](NC(=O)C1CCS(=O)(=O)CC1)c1cccc(F)c1. The van der Waals surface area contributed by atoms with E-state index in [1.165, 1.54) is 12.1 Å². The minimum absolute atomic E-state index is 0.0513. The van der Waals surface area contributed by atoms with E-state index >= 15 is 0 Å². The molecule has 0 saturated carbocycles. The molecule has 208 valence electrons. The number of fused-ring (bicyclic) bond motifs is 3. The number of aryl methyl sites for hydroxylation is 1. The van der Waals surface area contributed by atoms with Gasteiger partial charge in [0.2, 0.25) is 5.91 Å². The van der Waals surface area contributed by atoms with Crippen molar-refractivity contribution in [2.24, 2.45) is 5.92 Å². The molecule has 3 aliphatic heterocycles. The van der Waals surface area contributed by atoms with Gasteiger partial charge in [-0.2, -0.15) is 0 Å². The standard InChI is InChI=1S/C29H36FN5O3S/c1-19-32-27-7-11-31-18-28(27)35(19)25-16-23-5-6-24(17-25)34(23)12-8-26(21-3-2-4-22(30)15-21)33-29(36)20-9-13-39(37,38)14-10-20/h2-4,7,11,15,18,20,23-26H,5-6,8-10,12-14,16-17H2,1H3,(H,33,36)/t23-,24+,25?,26-/m0/s1. The largest absolute Gasteiger partial charge is 0.349 e. The van der Waals surface area contributed by atoms with E-state index in [-0.39, 0.29) is 35.2 Å². The number of amides is 1. The maximum Gasteiger partial charge on any atom is 0.223 e. The average Bonchev–Trinajstić information content (AvgIpc) is 3.36. The first-order valence-electron chi connectivity index (χ1n) is 14.1. The lowest BCUT2D eigenvalue weighted by atomic mass is 9.95. The Morgan fingerprint density at radius 2 is 1.85 bits per heavy atom. The summed E-state index contributed by atoms with van der Waals surface area (Å²) in [4.78, 5) is 24.8. The number of imidazole rings is 1. The Bertz CT molecular complexity index is 1450. The molecule has 3 aliphatic rings. The van der Waals surface area contributed by atoms with Crippen LogP contribution in [0.4, 0.5) is 4.39 Å². The second kappa shape index (κ2) is 10.6. The molecule has 0 aliphatic carbocycles. The van der Waals surface area contributed by atoms with Crippen LogP contribution in [-0.2, 0) is 14.6 Å². The fraction of sp³-hybridized carbons (Fsp3) is 0.552. The second-order valence-electron chi connectivity index (χ2n) is 11.5. The topological polar surface area (TPSA) is 97.2 Å². The summed E-state index contributed by atoms with van der Waals surface area (Å²) < 4.78 is 40.2. The third-order valence-corrected chi connectivity index (χ3v) is 10.8. The fourth-order valence-corrected chi connectivity index (χ4v) is 8.60. The number of halogens is 1. The highest BCUT2D eigenvalue weighted by Gasteiger charge is 2.42. The van der Waals surface area contributed by atoms with Crippen LogP contribution in [0.1, 0.15) is 68.4 Å². The van der Waals surface area contributed by atoms with Crippen LogP contribution in [0.2, 0.25) is 0 Å². The van der Waals surface area contributed by atoms with Gasteiger partial charge >= 0.3 is 0 Å². The number of hydrogen-bond donors (Lipinski definition) is 1. The van der Waals surface area contributed by atoms with E-state index in [2.05, 4.69) is 26.7 Å². The van der Waals surface area contributed by atoms with Crippen molar-refractivity contribution >= 4 is 26.8 Å². The van der Waals surface area contributed by atoms with Gasteiger partial charge in [-0.3, -0.25) is 14.7 Å². The lowest BCUT2D eigenvalue weighted by Gasteiger charge is -2.40. The zero-order valence-corrected chi connectivity index (χ0v) is 23.1. The molecule has 39 heavy (non-hydrogen) atoms. The van der Waals surface area contributed by atoms with Gasteiger partial charge in [0.1, 0.15) is 21.5 Å². The highest BCUT2D eigenvalue weighted by Crippen LogP contribution is 2.42. The van der Waals surface area contributed by atoms with Gasteiger partial charge in [-0.25, -0.2) is 17.8 Å². The van der Waals surface area contributed by atoms with Crippen LogP contribution in [0.25, 0.3) is 11.0 Å². The van der Waals surface area contributed by atoms with Gasteiger partial charge in [0.15, 0.2) is 0 Å². The van der Waals surface area contributed by atoms with Crippen molar-refractivity contribution in [2.75, 3.05) is 18.1 Å². The number of carbonyl (C=O) groups excluding carboxylic acids is 1. The molecule has 1 aromatic carbocycles. The molecule has 6 rings (SSSR count). The van der Waals surface area contributed by atoms with E-state index in [0.29, 0.717) is 37.4 Å². The lowest BCUT2D eigenvalue weighted by molar-refractivity contribution is -0.126. The van der Waals surface area contributed by atoms with E-state index in [9.17, 15) is 17.6 Å². The summed E-state index contributed by atoms with van der Waals surface area (Å²) in [6.45, 7) is 2.88. The molecule has 1 unspecified atom stereocenters. The number of carbonyl (C=O) groups is 1. The number of benzene rings is 1. The molecule has 0 spiro atoms. The summed E-state index contributed by atoms with van der Waals surface area (Å²) in [7, 11) is -3.05. The van der Waals surface area contributed by atoms with E-state index in [4.69, 9.17) is 4.98 Å². The number of rotatable bonds is 7. The van der Waals surface area contributed by atoms with Gasteiger partial charge in [0.05, 0.1) is 34.8 Å². The number of pyridine rings is 1. The molecule has 1 N–H and O–H groups in total. The second-order valence-corrected chi connectivity index (χ2v) is 13.8. The predicted octanol–water partition coefficient (Wildman–Crippen LogP) is 4.12. The summed E-state index contributed by atoms with van der Waals surface area (Å²) in [6, 6.07) is 9.39. The van der Waals surface area contributed by atoms with Crippen molar-refractivity contribution in [1.29, 1.82) is 0 Å². The molecule has 0 radical (unpaired) electrons. The smallest absolute Gasteiger partial charge is 0.223 e. The average molecular weight is 554 g/mol. The van der Waals surface area contributed by atoms with E-state index < -0.39 is 9.84 Å². The maximum absolute atomic E-state index is 14.2. The molecule has 2 bridgehead atoms. The van der Waals surface area contributed by atoms with Crippen LogP contribution < -0.4 is 5.32 Å². The van der Waals surface area contributed by atoms with E-state index in [1.807, 2.05) is 18.3 Å². The molecule has 10 heteroatoms. The van der Waals surface area contributed by atoms with E-state index in [0.717, 1.165) is 54.6 Å². The molecule has 3 aromatic rings. The van der Waals surface area contributed by atoms with Crippen LogP contribution in [0.5, 0.6) is 0 Å². The monoisotopic (exact) mass is 553 g/mol. The number of piperidine rings is 1. The number of sulfone groups is 1. The first-order chi connectivity index (χ1) is 18.8. The molecule has 4 atom stereocenters. The van der Waals surface area contributed by atoms with Crippen LogP contribution in [0.15, 0.2) is 42.7 Å². The molecule has 5 heterocycles. The van der Waals surface area contributed by atoms with Crippen molar-refractivity contribution < 1.29 is 17.6 Å². The van der Waals surface area contributed by atoms with Crippen molar-refractivity contribution in [3.8, 4) is 0 Å². The van der Waals surface area contributed by atoms with Gasteiger partial charge < -0.3 is 9.88 Å². The van der Waals surface area contributed by atoms with Gasteiger partial charge in [-0.15, -0.1) is 0 Å². The van der Waals surface area contributed by atoms with Crippen LogP contribution >= 0.6 is 0 Å². The van der Waals surface area contributed by atoms with Crippen molar-refractivity contribution in [1.82, 2.24) is 24.8 Å². The fourth-order valence-electron chi connectivity index (χ4n) is 7.11. The lowest BCUT2D eigenvalue weighted by Crippen LogP contribution is -2.45. The minimum atomic E-state index is -3.05. The first-order valence-corrected chi connectivity index (χ1v) is 15.9. The molecular weight excluding hydrogens is 517 g/mol. The highest BCUT2D eigenvalue weighted by molar-refractivity contribution is 7.91. The summed E-state index contributed by atoms with van der Waals surface area (Å²) in [5.41, 5.74) is 2.83. The van der Waals surface area contributed by atoms with Crippen LogP contribution in [0.3, 0.4) is 0 Å². The minimum Gasteiger partial charge on any atom is -0.349 e. The van der Waals surface area contributed by atoms with Gasteiger partial charge in [-0.05, 0) is 75.6 Å². The zero-order valence-electron chi connectivity index (χ0n) is 22.3. The first kappa shape index (κ1) is 26.4. The number of nitrogens with zero attached hydrogens (tertiary/aromatic N) is 4. The zero-order chi connectivity index (χ0) is 27.1. The Morgan fingerprint density at radius 3 is 2.56 bits per heavy atom. The van der Waals surface area contributed by atoms with Gasteiger partial charge in [0, 0.05) is 36.8 Å². The predicted molar refractivity (Wildman–Crippen MR) is 147 cm³/mol. The number of aromatic nitrogens is 3. The maximum atomic E-state index is 14.2. The molecule has 8 nitrogen and oxygen atoms in total. The molecule has 1 amide bonds. The van der Waals surface area contributed by atoms with Crippen LogP contribution in [-0.4, -0.2) is 63.9 Å². The Kier molecular flexibility index (Phi) is 7.18. The summed E-state index contributed by atoms with van der Waals surface area (Å²) in [6.07, 6.45) is 9.47. The third kappa shape index (κ3) is 5.45. The highest BCUT2D eigenvalue weighted by atomic mass is 32.2.